The Morgan fingerprint density at radius 3 is 2.19 bits per heavy atom. The molecule has 31 heavy (non-hydrogen) atoms. The molecular weight excluding hydrogens is 424 g/mol. The average molecular weight is 446 g/mol. The normalized spacial score (nSPS) is 15.5. The molecule has 0 spiro atoms. The van der Waals surface area contributed by atoms with Gasteiger partial charge in [-0.15, -0.1) is 0 Å². The van der Waals surface area contributed by atoms with E-state index in [0.717, 1.165) is 11.8 Å². The third-order valence-electron chi connectivity index (χ3n) is 4.26. The second-order valence-corrected chi connectivity index (χ2v) is 8.90. The molecule has 0 radical (unpaired) electrons. The molecular formula is C21H22N2O7S. The molecule has 10 heteroatoms. The summed E-state index contributed by atoms with van der Waals surface area (Å²) in [5.41, 5.74) is 1.34. The number of benzene rings is 2. The van der Waals surface area contributed by atoms with Crippen LogP contribution in [0.2, 0.25) is 0 Å². The van der Waals surface area contributed by atoms with Crippen molar-refractivity contribution in [2.45, 2.75) is 31.5 Å². The highest BCUT2D eigenvalue weighted by molar-refractivity contribution is 7.92. The van der Waals surface area contributed by atoms with E-state index in [9.17, 15) is 18.0 Å². The number of anilines is 2. The molecule has 0 aliphatic carbocycles. The van der Waals surface area contributed by atoms with Crippen LogP contribution in [0.15, 0.2) is 59.1 Å². The Kier molecular flexibility index (Phi) is 5.94. The number of sulfonamides is 1. The van der Waals surface area contributed by atoms with Crippen LogP contribution in [0.3, 0.4) is 0 Å². The Morgan fingerprint density at radius 1 is 1.00 bits per heavy atom. The Hall–Kier alpha value is -3.53. The van der Waals surface area contributed by atoms with Crippen molar-refractivity contribution >= 4 is 33.3 Å². The number of hydrogen-bond acceptors (Lipinski definition) is 8. The van der Waals surface area contributed by atoms with Crippen molar-refractivity contribution in [3.8, 4) is 5.75 Å². The Morgan fingerprint density at radius 2 is 1.61 bits per heavy atom. The van der Waals surface area contributed by atoms with Crippen molar-refractivity contribution in [3.63, 3.8) is 0 Å². The van der Waals surface area contributed by atoms with Gasteiger partial charge in [0.05, 0.1) is 17.7 Å². The number of hydrogen-bond donors (Lipinski definition) is 2. The predicted molar refractivity (Wildman–Crippen MR) is 113 cm³/mol. The summed E-state index contributed by atoms with van der Waals surface area (Å²) in [4.78, 5) is 23.9. The number of carbonyl (C=O) groups excluding carboxylic acids is 2. The van der Waals surface area contributed by atoms with E-state index in [0.29, 0.717) is 17.1 Å². The van der Waals surface area contributed by atoms with Crippen LogP contribution in [0.4, 0.5) is 11.4 Å². The first kappa shape index (κ1) is 22.2. The van der Waals surface area contributed by atoms with Gasteiger partial charge in [-0.05, 0) is 48.9 Å². The van der Waals surface area contributed by atoms with Gasteiger partial charge in [0, 0.05) is 25.7 Å². The van der Waals surface area contributed by atoms with Crippen molar-refractivity contribution in [3.05, 3.63) is 59.8 Å². The fourth-order valence-corrected chi connectivity index (χ4v) is 3.83. The summed E-state index contributed by atoms with van der Waals surface area (Å²) in [6.45, 7) is 4.74. The fourth-order valence-electron chi connectivity index (χ4n) is 2.77. The zero-order valence-corrected chi connectivity index (χ0v) is 18.2. The lowest BCUT2D eigenvalue weighted by Gasteiger charge is -2.29. The number of aryl methyl sites for hydroxylation is 1. The summed E-state index contributed by atoms with van der Waals surface area (Å²) in [6, 6.07) is 10.9. The number of esters is 2. The molecule has 1 saturated heterocycles. The van der Waals surface area contributed by atoms with Gasteiger partial charge in [0.25, 0.3) is 15.8 Å². The lowest BCUT2D eigenvalue weighted by molar-refractivity contribution is -0.222. The first-order valence-corrected chi connectivity index (χ1v) is 10.7. The van der Waals surface area contributed by atoms with Crippen molar-refractivity contribution < 1.29 is 32.2 Å². The van der Waals surface area contributed by atoms with Gasteiger partial charge in [0.15, 0.2) is 5.57 Å². The fraction of sp³-hybridized carbons (Fsp3) is 0.238. The van der Waals surface area contributed by atoms with Gasteiger partial charge in [0.2, 0.25) is 0 Å². The lowest BCUT2D eigenvalue weighted by Crippen LogP contribution is -2.42. The van der Waals surface area contributed by atoms with Crippen LogP contribution >= 0.6 is 0 Å². The topological polar surface area (TPSA) is 120 Å². The maximum atomic E-state index is 12.7. The molecule has 1 aliphatic heterocycles. The molecule has 1 heterocycles. The van der Waals surface area contributed by atoms with E-state index in [4.69, 9.17) is 14.2 Å². The summed E-state index contributed by atoms with van der Waals surface area (Å²) in [5.74, 6) is -2.56. The minimum absolute atomic E-state index is 0.0208. The van der Waals surface area contributed by atoms with Gasteiger partial charge < -0.3 is 19.5 Å². The highest BCUT2D eigenvalue weighted by Gasteiger charge is 2.38. The van der Waals surface area contributed by atoms with Crippen LogP contribution in [0, 0.1) is 6.92 Å². The van der Waals surface area contributed by atoms with Gasteiger partial charge in [-0.1, -0.05) is 6.07 Å². The Balaban J connectivity index is 1.75. The van der Waals surface area contributed by atoms with Gasteiger partial charge >= 0.3 is 11.9 Å². The minimum Gasteiger partial charge on any atom is -0.495 e. The molecule has 0 amide bonds. The lowest BCUT2D eigenvalue weighted by atomic mass is 10.2. The van der Waals surface area contributed by atoms with E-state index in [1.807, 2.05) is 13.0 Å². The summed E-state index contributed by atoms with van der Waals surface area (Å²) < 4.78 is 43.2. The number of carbonyl (C=O) groups is 2. The maximum Gasteiger partial charge on any atom is 0.350 e. The first-order valence-electron chi connectivity index (χ1n) is 9.22. The summed E-state index contributed by atoms with van der Waals surface area (Å²) in [5, 5.41) is 2.76. The van der Waals surface area contributed by atoms with Gasteiger partial charge in [-0.3, -0.25) is 4.72 Å². The van der Waals surface area contributed by atoms with Gasteiger partial charge in [-0.25, -0.2) is 18.0 Å². The molecule has 0 saturated carbocycles. The quantitative estimate of drug-likeness (QED) is 0.395. The minimum atomic E-state index is -3.87. The number of rotatable bonds is 6. The van der Waals surface area contributed by atoms with Crippen molar-refractivity contribution in [2.24, 2.45) is 0 Å². The van der Waals surface area contributed by atoms with Crippen LogP contribution in [0.5, 0.6) is 5.75 Å². The molecule has 2 N–H and O–H groups in total. The highest BCUT2D eigenvalue weighted by atomic mass is 32.2. The third-order valence-corrected chi connectivity index (χ3v) is 5.65. The SMILES string of the molecule is COc1ccc(C)cc1NS(=O)(=O)c1ccc(NC=C2C(=O)OC(C)(C)OC2=O)cc1. The largest absolute Gasteiger partial charge is 0.495 e. The van der Waals surface area contributed by atoms with Gasteiger partial charge in [-0.2, -0.15) is 0 Å². The molecule has 0 atom stereocenters. The number of methoxy groups -OCH3 is 1. The number of cyclic esters (lactones) is 2. The smallest absolute Gasteiger partial charge is 0.350 e. The molecule has 1 aliphatic rings. The molecule has 0 unspecified atom stereocenters. The van der Waals surface area contributed by atoms with Crippen LogP contribution in [-0.2, 0) is 29.1 Å². The molecule has 3 rings (SSSR count). The van der Waals surface area contributed by atoms with Crippen molar-refractivity contribution in [1.82, 2.24) is 0 Å². The molecule has 2 aromatic carbocycles. The molecule has 0 aromatic heterocycles. The standard InChI is InChI=1S/C21H22N2O7S/c1-13-5-10-18(28-4)17(11-13)23-31(26,27)15-8-6-14(7-9-15)22-12-16-19(24)29-21(2,3)30-20(16)25/h5-12,22-23H,1-4H3. The third kappa shape index (κ3) is 5.15. The van der Waals surface area contributed by atoms with E-state index in [-0.39, 0.29) is 10.5 Å². The summed E-state index contributed by atoms with van der Waals surface area (Å²) >= 11 is 0. The second-order valence-electron chi connectivity index (χ2n) is 7.21. The number of nitrogens with one attached hydrogen (secondary N) is 2. The Bertz CT molecular complexity index is 1130. The predicted octanol–water partition coefficient (Wildman–Crippen LogP) is 2.94. The summed E-state index contributed by atoms with van der Waals surface area (Å²) in [7, 11) is -2.41. The van der Waals surface area contributed by atoms with Gasteiger partial charge in [0.1, 0.15) is 5.75 Å². The molecule has 164 valence electrons. The molecule has 1 fully saturated rings. The molecule has 9 nitrogen and oxygen atoms in total. The van der Waals surface area contributed by atoms with Crippen LogP contribution in [0.1, 0.15) is 19.4 Å². The zero-order valence-electron chi connectivity index (χ0n) is 17.4. The van der Waals surface area contributed by atoms with Crippen molar-refractivity contribution in [1.29, 1.82) is 0 Å². The first-order chi connectivity index (χ1) is 14.5. The summed E-state index contributed by atoms with van der Waals surface area (Å²) in [6.07, 6.45) is 1.15. The van der Waals surface area contributed by atoms with E-state index in [1.54, 1.807) is 12.1 Å². The second kappa shape index (κ2) is 8.31. The number of ether oxygens (including phenoxy) is 3. The maximum absolute atomic E-state index is 12.7. The van der Waals surface area contributed by atoms with E-state index < -0.39 is 27.7 Å². The molecule has 2 aromatic rings. The van der Waals surface area contributed by atoms with E-state index in [1.165, 1.54) is 45.2 Å². The monoisotopic (exact) mass is 446 g/mol. The van der Waals surface area contributed by atoms with E-state index >= 15 is 0 Å². The average Bonchev–Trinajstić information content (AvgIpc) is 2.66. The van der Waals surface area contributed by atoms with Crippen LogP contribution in [0.25, 0.3) is 0 Å². The van der Waals surface area contributed by atoms with Crippen LogP contribution in [-0.4, -0.2) is 33.3 Å². The molecule has 0 bridgehead atoms. The zero-order chi connectivity index (χ0) is 22.8. The van der Waals surface area contributed by atoms with E-state index in [2.05, 4.69) is 10.0 Å². The van der Waals surface area contributed by atoms with Crippen LogP contribution < -0.4 is 14.8 Å². The highest BCUT2D eigenvalue weighted by Crippen LogP contribution is 2.28. The van der Waals surface area contributed by atoms with Crippen molar-refractivity contribution in [2.75, 3.05) is 17.1 Å². The Labute approximate surface area is 180 Å².